The summed E-state index contributed by atoms with van der Waals surface area (Å²) in [4.78, 5) is 2.37. The Labute approximate surface area is 110 Å². The standard InChI is InChI=1S/C14H26N4/c1-17(11-13-10-16-18(2)12-13)9-5-8-15-14-6-3-4-7-14/h10,12,14-15H,3-9,11H2,1-2H3. The molecule has 2 rings (SSSR count). The summed E-state index contributed by atoms with van der Waals surface area (Å²) in [5.41, 5.74) is 1.30. The van der Waals surface area contributed by atoms with Gasteiger partial charge in [-0.2, -0.15) is 5.10 Å². The Morgan fingerprint density at radius 1 is 1.44 bits per heavy atom. The normalized spacial score (nSPS) is 16.8. The maximum atomic E-state index is 4.20. The van der Waals surface area contributed by atoms with Crippen LogP contribution in [0.2, 0.25) is 0 Å². The van der Waals surface area contributed by atoms with Gasteiger partial charge in [-0.05, 0) is 39.4 Å². The zero-order valence-electron chi connectivity index (χ0n) is 11.7. The van der Waals surface area contributed by atoms with Crippen molar-refractivity contribution < 1.29 is 0 Å². The molecule has 0 radical (unpaired) electrons. The lowest BCUT2D eigenvalue weighted by molar-refractivity contribution is 0.316. The van der Waals surface area contributed by atoms with E-state index in [2.05, 4.69) is 28.6 Å². The van der Waals surface area contributed by atoms with Gasteiger partial charge in [0.05, 0.1) is 6.20 Å². The molecule has 102 valence electrons. The van der Waals surface area contributed by atoms with Crippen molar-refractivity contribution in [2.75, 3.05) is 20.1 Å². The molecule has 0 saturated heterocycles. The van der Waals surface area contributed by atoms with Gasteiger partial charge >= 0.3 is 0 Å². The number of rotatable bonds is 7. The molecule has 1 aromatic heterocycles. The molecule has 4 heteroatoms. The van der Waals surface area contributed by atoms with E-state index in [-0.39, 0.29) is 0 Å². The first-order valence-corrected chi connectivity index (χ1v) is 7.13. The number of hydrogen-bond acceptors (Lipinski definition) is 3. The van der Waals surface area contributed by atoms with Crippen molar-refractivity contribution in [2.45, 2.75) is 44.7 Å². The van der Waals surface area contributed by atoms with Gasteiger partial charge in [0.25, 0.3) is 0 Å². The molecule has 0 atom stereocenters. The molecular formula is C14H26N4. The fraction of sp³-hybridized carbons (Fsp3) is 0.786. The smallest absolute Gasteiger partial charge is 0.0534 e. The molecule has 18 heavy (non-hydrogen) atoms. The molecule has 4 nitrogen and oxygen atoms in total. The largest absolute Gasteiger partial charge is 0.314 e. The van der Waals surface area contributed by atoms with E-state index in [9.17, 15) is 0 Å². The lowest BCUT2D eigenvalue weighted by atomic mass is 10.2. The van der Waals surface area contributed by atoms with Crippen molar-refractivity contribution in [3.05, 3.63) is 18.0 Å². The number of nitrogens with zero attached hydrogens (tertiary/aromatic N) is 3. The second kappa shape index (κ2) is 6.90. The summed E-state index contributed by atoms with van der Waals surface area (Å²) in [5.74, 6) is 0. The number of nitrogens with one attached hydrogen (secondary N) is 1. The monoisotopic (exact) mass is 250 g/mol. The highest BCUT2D eigenvalue weighted by Crippen LogP contribution is 2.17. The molecule has 1 N–H and O–H groups in total. The highest BCUT2D eigenvalue weighted by Gasteiger charge is 2.13. The molecule has 0 aromatic carbocycles. The topological polar surface area (TPSA) is 33.1 Å². The van der Waals surface area contributed by atoms with Gasteiger partial charge in [-0.15, -0.1) is 0 Å². The maximum absolute atomic E-state index is 4.20. The Bertz CT molecular complexity index is 341. The van der Waals surface area contributed by atoms with Crippen LogP contribution in [0.25, 0.3) is 0 Å². The Morgan fingerprint density at radius 2 is 2.22 bits per heavy atom. The first kappa shape index (κ1) is 13.6. The number of aromatic nitrogens is 2. The summed E-state index contributed by atoms with van der Waals surface area (Å²) in [7, 11) is 4.15. The van der Waals surface area contributed by atoms with Gasteiger partial charge in [-0.1, -0.05) is 12.8 Å². The van der Waals surface area contributed by atoms with Crippen LogP contribution in [0, 0.1) is 0 Å². The van der Waals surface area contributed by atoms with Crippen molar-refractivity contribution in [1.82, 2.24) is 20.0 Å². The van der Waals surface area contributed by atoms with Gasteiger partial charge < -0.3 is 10.2 Å². The zero-order chi connectivity index (χ0) is 12.8. The van der Waals surface area contributed by atoms with Crippen LogP contribution in [0.5, 0.6) is 0 Å². The molecule has 0 bridgehead atoms. The Kier molecular flexibility index (Phi) is 5.20. The van der Waals surface area contributed by atoms with Crippen molar-refractivity contribution in [3.63, 3.8) is 0 Å². The SMILES string of the molecule is CN(CCCNC1CCCC1)Cc1cnn(C)c1. The molecule has 0 unspecified atom stereocenters. The van der Waals surface area contributed by atoms with Crippen molar-refractivity contribution in [3.8, 4) is 0 Å². The van der Waals surface area contributed by atoms with Crippen molar-refractivity contribution in [2.24, 2.45) is 7.05 Å². The van der Waals surface area contributed by atoms with Gasteiger partial charge in [-0.3, -0.25) is 4.68 Å². The quantitative estimate of drug-likeness (QED) is 0.749. The second-order valence-electron chi connectivity index (χ2n) is 5.55. The molecule has 0 amide bonds. The van der Waals surface area contributed by atoms with E-state index in [1.165, 1.54) is 37.7 Å². The third-order valence-corrected chi connectivity index (χ3v) is 3.72. The third-order valence-electron chi connectivity index (χ3n) is 3.72. The number of aryl methyl sites for hydroxylation is 1. The van der Waals surface area contributed by atoms with Crippen LogP contribution in [0.4, 0.5) is 0 Å². The highest BCUT2D eigenvalue weighted by atomic mass is 15.2. The first-order chi connectivity index (χ1) is 8.74. The Balaban J connectivity index is 1.55. The Hall–Kier alpha value is -0.870. The van der Waals surface area contributed by atoms with Gasteiger partial charge in [0, 0.05) is 31.4 Å². The lowest BCUT2D eigenvalue weighted by Gasteiger charge is -2.17. The predicted molar refractivity (Wildman–Crippen MR) is 74.4 cm³/mol. The minimum absolute atomic E-state index is 0.800. The van der Waals surface area contributed by atoms with Crippen LogP contribution in [-0.2, 0) is 13.6 Å². The first-order valence-electron chi connectivity index (χ1n) is 7.13. The van der Waals surface area contributed by atoms with E-state index in [0.717, 1.165) is 25.7 Å². The fourth-order valence-corrected chi connectivity index (χ4v) is 2.73. The van der Waals surface area contributed by atoms with E-state index in [1.54, 1.807) is 0 Å². The Morgan fingerprint density at radius 3 is 2.89 bits per heavy atom. The van der Waals surface area contributed by atoms with Crippen LogP contribution in [0.15, 0.2) is 12.4 Å². The molecule has 0 aliphatic heterocycles. The van der Waals surface area contributed by atoms with Crippen molar-refractivity contribution in [1.29, 1.82) is 0 Å². The van der Waals surface area contributed by atoms with E-state index < -0.39 is 0 Å². The summed E-state index contributed by atoms with van der Waals surface area (Å²) in [6.07, 6.45) is 10.9. The molecule has 0 spiro atoms. The van der Waals surface area contributed by atoms with E-state index in [1.807, 2.05) is 17.9 Å². The predicted octanol–water partition coefficient (Wildman–Crippen LogP) is 1.77. The van der Waals surface area contributed by atoms with Crippen LogP contribution >= 0.6 is 0 Å². The molecular weight excluding hydrogens is 224 g/mol. The van der Waals surface area contributed by atoms with E-state index in [0.29, 0.717) is 0 Å². The van der Waals surface area contributed by atoms with Crippen molar-refractivity contribution >= 4 is 0 Å². The van der Waals surface area contributed by atoms with Gasteiger partial charge in [0.15, 0.2) is 0 Å². The van der Waals surface area contributed by atoms with Gasteiger partial charge in [-0.25, -0.2) is 0 Å². The van der Waals surface area contributed by atoms with Crippen LogP contribution in [0.3, 0.4) is 0 Å². The number of hydrogen-bond donors (Lipinski definition) is 1. The average Bonchev–Trinajstić information content (AvgIpc) is 2.96. The minimum atomic E-state index is 0.800. The summed E-state index contributed by atoms with van der Waals surface area (Å²) < 4.78 is 1.87. The van der Waals surface area contributed by atoms with Gasteiger partial charge in [0.1, 0.15) is 0 Å². The van der Waals surface area contributed by atoms with Gasteiger partial charge in [0.2, 0.25) is 0 Å². The molecule has 1 aliphatic rings. The second-order valence-corrected chi connectivity index (χ2v) is 5.55. The highest BCUT2D eigenvalue weighted by molar-refractivity contribution is 5.02. The summed E-state index contributed by atoms with van der Waals surface area (Å²) in [6, 6.07) is 0.800. The van der Waals surface area contributed by atoms with E-state index >= 15 is 0 Å². The molecule has 1 saturated carbocycles. The summed E-state index contributed by atoms with van der Waals surface area (Å²) >= 11 is 0. The van der Waals surface area contributed by atoms with Crippen LogP contribution in [-0.4, -0.2) is 40.9 Å². The van der Waals surface area contributed by atoms with Crippen LogP contribution < -0.4 is 5.32 Å². The van der Waals surface area contributed by atoms with Crippen LogP contribution in [0.1, 0.15) is 37.7 Å². The maximum Gasteiger partial charge on any atom is 0.0534 e. The molecule has 1 heterocycles. The molecule has 1 aromatic rings. The zero-order valence-corrected chi connectivity index (χ0v) is 11.7. The molecule has 1 aliphatic carbocycles. The third kappa shape index (κ3) is 4.42. The lowest BCUT2D eigenvalue weighted by Crippen LogP contribution is -2.29. The minimum Gasteiger partial charge on any atom is -0.314 e. The molecule has 1 fully saturated rings. The fourth-order valence-electron chi connectivity index (χ4n) is 2.73. The average molecular weight is 250 g/mol. The van der Waals surface area contributed by atoms with E-state index in [4.69, 9.17) is 0 Å². The summed E-state index contributed by atoms with van der Waals surface area (Å²) in [5, 5.41) is 7.86. The summed E-state index contributed by atoms with van der Waals surface area (Å²) in [6.45, 7) is 3.30.